The van der Waals surface area contributed by atoms with Crippen LogP contribution in [0.2, 0.25) is 0 Å². The van der Waals surface area contributed by atoms with Crippen molar-refractivity contribution in [2.45, 2.75) is 6.04 Å². The van der Waals surface area contributed by atoms with Gasteiger partial charge >= 0.3 is 0 Å². The van der Waals surface area contributed by atoms with Crippen LogP contribution in [0, 0.1) is 0 Å². The Morgan fingerprint density at radius 2 is 2.36 bits per heavy atom. The monoisotopic (exact) mass is 367 g/mol. The van der Waals surface area contributed by atoms with Crippen LogP contribution in [0.25, 0.3) is 0 Å². The Labute approximate surface area is 135 Å². The van der Waals surface area contributed by atoms with Crippen molar-refractivity contribution in [3.8, 4) is 5.75 Å². The number of hydrogen-bond acceptors (Lipinski definition) is 6. The van der Waals surface area contributed by atoms with E-state index in [-0.39, 0.29) is 11.9 Å². The molecule has 116 valence electrons. The number of methoxy groups -OCH3 is 1. The van der Waals surface area contributed by atoms with Crippen molar-refractivity contribution in [1.29, 1.82) is 0 Å². The van der Waals surface area contributed by atoms with Gasteiger partial charge in [-0.15, -0.1) is 0 Å². The molecular weight excluding hydrogens is 354 g/mol. The molecule has 0 saturated carbocycles. The van der Waals surface area contributed by atoms with E-state index in [1.165, 1.54) is 6.39 Å². The van der Waals surface area contributed by atoms with E-state index in [4.69, 9.17) is 14.0 Å². The molecule has 3 rings (SSSR count). The van der Waals surface area contributed by atoms with E-state index in [1.807, 2.05) is 0 Å². The zero-order valence-corrected chi connectivity index (χ0v) is 13.4. The second-order valence-corrected chi connectivity index (χ2v) is 5.58. The number of hydrogen-bond donors (Lipinski definition) is 0. The lowest BCUT2D eigenvalue weighted by Crippen LogP contribution is -2.44. The maximum Gasteiger partial charge on any atom is 0.255 e. The number of morpholine rings is 1. The second kappa shape index (κ2) is 6.45. The van der Waals surface area contributed by atoms with E-state index < -0.39 is 0 Å². The van der Waals surface area contributed by atoms with E-state index in [2.05, 4.69) is 26.1 Å². The van der Waals surface area contributed by atoms with Gasteiger partial charge in [-0.25, -0.2) is 0 Å². The predicted molar refractivity (Wildman–Crippen MR) is 79.6 cm³/mol. The molecular formula is C14H14BrN3O4. The summed E-state index contributed by atoms with van der Waals surface area (Å²) in [6.07, 6.45) is 1.24. The summed E-state index contributed by atoms with van der Waals surface area (Å²) in [5.74, 6) is 0.923. The molecule has 1 aromatic heterocycles. The van der Waals surface area contributed by atoms with Gasteiger partial charge < -0.3 is 18.9 Å². The van der Waals surface area contributed by atoms with Crippen molar-refractivity contribution in [3.05, 3.63) is 40.5 Å². The summed E-state index contributed by atoms with van der Waals surface area (Å²) >= 11 is 3.41. The molecule has 1 aliphatic heterocycles. The summed E-state index contributed by atoms with van der Waals surface area (Å²) in [6.45, 7) is 1.27. The Morgan fingerprint density at radius 3 is 3.09 bits per heavy atom. The standard InChI is InChI=1S/C14H14BrN3O4/c1-20-9-2-3-11(15)10(6-9)14(19)18-4-5-21-7-12(18)13-16-8-22-17-13/h2-3,6,8,12H,4-5,7H2,1H3. The van der Waals surface area contributed by atoms with Crippen molar-refractivity contribution < 1.29 is 18.8 Å². The summed E-state index contributed by atoms with van der Waals surface area (Å²) in [4.78, 5) is 18.6. The lowest BCUT2D eigenvalue weighted by Gasteiger charge is -2.34. The highest BCUT2D eigenvalue weighted by Crippen LogP contribution is 2.28. The fourth-order valence-corrected chi connectivity index (χ4v) is 2.75. The smallest absolute Gasteiger partial charge is 0.255 e. The van der Waals surface area contributed by atoms with Crippen molar-refractivity contribution in [1.82, 2.24) is 15.0 Å². The molecule has 1 aromatic carbocycles. The third kappa shape index (κ3) is 2.84. The summed E-state index contributed by atoms with van der Waals surface area (Å²) in [6, 6.07) is 4.92. The molecule has 1 fully saturated rings. The Morgan fingerprint density at radius 1 is 1.50 bits per heavy atom. The van der Waals surface area contributed by atoms with Crippen molar-refractivity contribution in [2.24, 2.45) is 0 Å². The van der Waals surface area contributed by atoms with E-state index in [1.54, 1.807) is 30.2 Å². The average molecular weight is 368 g/mol. The number of rotatable bonds is 3. The van der Waals surface area contributed by atoms with Gasteiger partial charge in [-0.2, -0.15) is 4.98 Å². The number of carbonyl (C=O) groups is 1. The van der Waals surface area contributed by atoms with Crippen molar-refractivity contribution in [2.75, 3.05) is 26.9 Å². The fraction of sp³-hybridized carbons (Fsp3) is 0.357. The normalized spacial score (nSPS) is 18.3. The summed E-state index contributed by atoms with van der Waals surface area (Å²) in [7, 11) is 1.56. The first-order chi connectivity index (χ1) is 10.7. The number of amides is 1. The van der Waals surface area contributed by atoms with Crippen molar-refractivity contribution in [3.63, 3.8) is 0 Å². The topological polar surface area (TPSA) is 77.7 Å². The van der Waals surface area contributed by atoms with Crippen LogP contribution in [0.3, 0.4) is 0 Å². The first-order valence-electron chi connectivity index (χ1n) is 6.69. The zero-order valence-electron chi connectivity index (χ0n) is 11.9. The molecule has 1 aliphatic rings. The molecule has 0 aliphatic carbocycles. The number of ether oxygens (including phenoxy) is 2. The van der Waals surface area contributed by atoms with Crippen LogP contribution in [0.4, 0.5) is 0 Å². The van der Waals surface area contributed by atoms with Crippen LogP contribution in [0.1, 0.15) is 22.2 Å². The third-order valence-corrected chi connectivity index (χ3v) is 4.16. The van der Waals surface area contributed by atoms with Gasteiger partial charge in [0.1, 0.15) is 11.8 Å². The van der Waals surface area contributed by atoms with E-state index in [0.717, 1.165) is 0 Å². The molecule has 1 unspecified atom stereocenters. The second-order valence-electron chi connectivity index (χ2n) is 4.72. The minimum Gasteiger partial charge on any atom is -0.497 e. The Balaban J connectivity index is 1.92. The maximum absolute atomic E-state index is 12.9. The third-order valence-electron chi connectivity index (χ3n) is 3.47. The molecule has 7 nitrogen and oxygen atoms in total. The number of aromatic nitrogens is 2. The molecule has 0 bridgehead atoms. The summed E-state index contributed by atoms with van der Waals surface area (Å²) < 4.78 is 16.1. The van der Waals surface area contributed by atoms with Gasteiger partial charge in [0.05, 0.1) is 25.9 Å². The molecule has 8 heteroatoms. The highest BCUT2D eigenvalue weighted by Gasteiger charge is 2.33. The van der Waals surface area contributed by atoms with Gasteiger partial charge in [-0.05, 0) is 34.1 Å². The minimum atomic E-state index is -0.363. The van der Waals surface area contributed by atoms with Gasteiger partial charge in [0.15, 0.2) is 5.82 Å². The molecule has 22 heavy (non-hydrogen) atoms. The molecule has 0 radical (unpaired) electrons. The zero-order chi connectivity index (χ0) is 15.5. The summed E-state index contributed by atoms with van der Waals surface area (Å²) in [5.41, 5.74) is 0.523. The van der Waals surface area contributed by atoms with Gasteiger partial charge in [-0.1, -0.05) is 5.16 Å². The Hall–Kier alpha value is -1.93. The SMILES string of the molecule is COc1ccc(Br)c(C(=O)N2CCOCC2c2ncon2)c1. The molecule has 0 N–H and O–H groups in total. The summed E-state index contributed by atoms with van der Waals surface area (Å²) in [5, 5.41) is 3.83. The Bertz CT molecular complexity index is 662. The average Bonchev–Trinajstić information content (AvgIpc) is 3.09. The van der Waals surface area contributed by atoms with E-state index in [0.29, 0.717) is 41.4 Å². The quantitative estimate of drug-likeness (QED) is 0.825. The first kappa shape index (κ1) is 15.0. The first-order valence-corrected chi connectivity index (χ1v) is 7.48. The van der Waals surface area contributed by atoms with E-state index >= 15 is 0 Å². The van der Waals surface area contributed by atoms with Crippen LogP contribution in [-0.4, -0.2) is 47.8 Å². The lowest BCUT2D eigenvalue weighted by molar-refractivity contribution is -0.00583. The number of halogens is 1. The molecule has 0 spiro atoms. The highest BCUT2D eigenvalue weighted by molar-refractivity contribution is 9.10. The van der Waals surface area contributed by atoms with Gasteiger partial charge in [0, 0.05) is 11.0 Å². The van der Waals surface area contributed by atoms with Gasteiger partial charge in [0.25, 0.3) is 5.91 Å². The fourth-order valence-electron chi connectivity index (χ4n) is 2.34. The van der Waals surface area contributed by atoms with Gasteiger partial charge in [0.2, 0.25) is 6.39 Å². The lowest BCUT2D eigenvalue weighted by atomic mass is 10.1. The van der Waals surface area contributed by atoms with E-state index in [9.17, 15) is 4.79 Å². The van der Waals surface area contributed by atoms with Gasteiger partial charge in [-0.3, -0.25) is 4.79 Å². The minimum absolute atomic E-state index is 0.135. The molecule has 1 saturated heterocycles. The van der Waals surface area contributed by atoms with Crippen molar-refractivity contribution >= 4 is 21.8 Å². The molecule has 2 aromatic rings. The van der Waals surface area contributed by atoms with Crippen LogP contribution < -0.4 is 4.74 Å². The predicted octanol–water partition coefficient (Wildman–Crippen LogP) is 2.05. The Kier molecular flexibility index (Phi) is 4.39. The van der Waals surface area contributed by atoms with Crippen LogP contribution in [-0.2, 0) is 4.74 Å². The number of benzene rings is 1. The largest absolute Gasteiger partial charge is 0.497 e. The van der Waals surface area contributed by atoms with Crippen LogP contribution in [0.15, 0.2) is 33.6 Å². The number of carbonyl (C=O) groups excluding carboxylic acids is 1. The molecule has 1 amide bonds. The van der Waals surface area contributed by atoms with Crippen LogP contribution in [0.5, 0.6) is 5.75 Å². The maximum atomic E-state index is 12.9. The highest BCUT2D eigenvalue weighted by atomic mass is 79.9. The number of nitrogens with zero attached hydrogens (tertiary/aromatic N) is 3. The molecule has 2 heterocycles. The molecule has 1 atom stereocenters. The van der Waals surface area contributed by atoms with Crippen LogP contribution >= 0.6 is 15.9 Å².